The molecule has 1 amide bonds. The van der Waals surface area contributed by atoms with Crippen LogP contribution in [-0.2, 0) is 0 Å². The first-order chi connectivity index (χ1) is 8.58. The molecule has 1 N–H and O–H groups in total. The minimum absolute atomic E-state index is 0.178. The lowest BCUT2D eigenvalue weighted by molar-refractivity contribution is 0.0949. The first kappa shape index (κ1) is 12.5. The van der Waals surface area contributed by atoms with E-state index in [4.69, 9.17) is 0 Å². The Hall–Kier alpha value is -1.97. The van der Waals surface area contributed by atoms with Crippen LogP contribution < -0.4 is 5.32 Å². The van der Waals surface area contributed by atoms with Crippen LogP contribution in [0.5, 0.6) is 0 Å². The van der Waals surface area contributed by atoms with Crippen LogP contribution in [0.3, 0.4) is 0 Å². The molecule has 1 aromatic heterocycles. The van der Waals surface area contributed by atoms with E-state index in [-0.39, 0.29) is 17.2 Å². The number of aromatic nitrogens is 1. The van der Waals surface area contributed by atoms with Crippen molar-refractivity contribution in [3.8, 4) is 0 Å². The fourth-order valence-electron chi connectivity index (χ4n) is 1.65. The molecule has 0 aliphatic heterocycles. The number of rotatable bonds is 3. The molecule has 0 aliphatic rings. The van der Waals surface area contributed by atoms with Crippen LogP contribution in [0.25, 0.3) is 10.9 Å². The van der Waals surface area contributed by atoms with Gasteiger partial charge < -0.3 is 5.32 Å². The molecule has 0 atom stereocenters. The minimum Gasteiger partial charge on any atom is -0.352 e. The summed E-state index contributed by atoms with van der Waals surface area (Å²) < 4.78 is 13.4. The predicted molar refractivity (Wildman–Crippen MR) is 68.9 cm³/mol. The Morgan fingerprint density at radius 3 is 2.94 bits per heavy atom. The number of nitrogens with one attached hydrogen (secondary N) is 1. The largest absolute Gasteiger partial charge is 0.352 e. The van der Waals surface area contributed by atoms with E-state index in [1.165, 1.54) is 12.3 Å². The Morgan fingerprint density at radius 2 is 2.22 bits per heavy atom. The van der Waals surface area contributed by atoms with E-state index in [1.807, 2.05) is 13.8 Å². The minimum atomic E-state index is -0.373. The lowest BCUT2D eigenvalue weighted by atomic mass is 10.1. The quantitative estimate of drug-likeness (QED) is 0.904. The van der Waals surface area contributed by atoms with Gasteiger partial charge in [0.15, 0.2) is 0 Å². The number of hydrogen-bond acceptors (Lipinski definition) is 2. The Balaban J connectivity index is 2.27. The average Bonchev–Trinajstić information content (AvgIpc) is 2.35. The van der Waals surface area contributed by atoms with Gasteiger partial charge in [-0.25, -0.2) is 4.39 Å². The van der Waals surface area contributed by atoms with E-state index in [2.05, 4.69) is 10.3 Å². The topological polar surface area (TPSA) is 42.0 Å². The molecule has 0 saturated carbocycles. The number of para-hydroxylation sites is 1. The fourth-order valence-corrected chi connectivity index (χ4v) is 1.65. The number of hydrogen-bond donors (Lipinski definition) is 1. The van der Waals surface area contributed by atoms with Gasteiger partial charge in [-0.1, -0.05) is 26.0 Å². The Labute approximate surface area is 105 Å². The molecule has 18 heavy (non-hydrogen) atoms. The van der Waals surface area contributed by atoms with Crippen LogP contribution in [-0.4, -0.2) is 17.4 Å². The summed E-state index contributed by atoms with van der Waals surface area (Å²) in [5, 5.41) is 3.44. The van der Waals surface area contributed by atoms with Crippen LogP contribution in [0, 0.1) is 11.7 Å². The molecular formula is C14H15FN2O. The molecule has 3 nitrogen and oxygen atoms in total. The standard InChI is InChI=1S/C14H15FN2O/c1-9(2)7-17-14(18)11-6-10-4-3-5-12(15)13(10)16-8-11/h3-6,8-9H,7H2,1-2H3,(H,17,18). The van der Waals surface area contributed by atoms with Crippen molar-refractivity contribution in [2.75, 3.05) is 6.54 Å². The Kier molecular flexibility index (Phi) is 3.55. The predicted octanol–water partition coefficient (Wildman–Crippen LogP) is 2.76. The normalized spacial score (nSPS) is 10.9. The molecule has 0 bridgehead atoms. The molecule has 0 spiro atoms. The van der Waals surface area contributed by atoms with Crippen molar-refractivity contribution in [3.05, 3.63) is 41.8 Å². The molecule has 0 unspecified atom stereocenters. The highest BCUT2D eigenvalue weighted by Gasteiger charge is 2.09. The second kappa shape index (κ2) is 5.12. The van der Waals surface area contributed by atoms with Crippen LogP contribution >= 0.6 is 0 Å². The number of fused-ring (bicyclic) bond motifs is 1. The van der Waals surface area contributed by atoms with Crippen molar-refractivity contribution >= 4 is 16.8 Å². The van der Waals surface area contributed by atoms with Crippen molar-refractivity contribution in [2.24, 2.45) is 5.92 Å². The van der Waals surface area contributed by atoms with E-state index in [1.54, 1.807) is 18.2 Å². The van der Waals surface area contributed by atoms with Crippen molar-refractivity contribution < 1.29 is 9.18 Å². The van der Waals surface area contributed by atoms with Gasteiger partial charge in [0.1, 0.15) is 11.3 Å². The van der Waals surface area contributed by atoms with Crippen molar-refractivity contribution in [1.82, 2.24) is 10.3 Å². The molecule has 2 rings (SSSR count). The molecule has 1 heterocycles. The van der Waals surface area contributed by atoms with Crippen LogP contribution in [0.1, 0.15) is 24.2 Å². The molecule has 94 valence electrons. The van der Waals surface area contributed by atoms with Crippen molar-refractivity contribution in [1.29, 1.82) is 0 Å². The van der Waals surface area contributed by atoms with E-state index >= 15 is 0 Å². The average molecular weight is 246 g/mol. The highest BCUT2D eigenvalue weighted by Crippen LogP contribution is 2.16. The Morgan fingerprint density at radius 1 is 1.44 bits per heavy atom. The number of benzene rings is 1. The zero-order chi connectivity index (χ0) is 13.1. The van der Waals surface area contributed by atoms with Gasteiger partial charge in [-0.15, -0.1) is 0 Å². The second-order valence-electron chi connectivity index (χ2n) is 4.64. The smallest absolute Gasteiger partial charge is 0.252 e. The number of amides is 1. The molecule has 4 heteroatoms. The van der Waals surface area contributed by atoms with E-state index in [0.717, 1.165) is 0 Å². The van der Waals surface area contributed by atoms with Gasteiger partial charge in [-0.05, 0) is 18.1 Å². The number of carbonyl (C=O) groups excluding carboxylic acids is 1. The summed E-state index contributed by atoms with van der Waals surface area (Å²) in [7, 11) is 0. The van der Waals surface area contributed by atoms with E-state index in [9.17, 15) is 9.18 Å². The van der Waals surface area contributed by atoms with E-state index < -0.39 is 0 Å². The third kappa shape index (κ3) is 2.64. The summed E-state index contributed by atoms with van der Waals surface area (Å²) in [6.45, 7) is 4.66. The molecule has 1 aromatic carbocycles. The number of pyridine rings is 1. The summed E-state index contributed by atoms with van der Waals surface area (Å²) in [6, 6.07) is 6.36. The molecule has 2 aromatic rings. The van der Waals surface area contributed by atoms with Gasteiger partial charge in [-0.2, -0.15) is 0 Å². The lowest BCUT2D eigenvalue weighted by Crippen LogP contribution is -2.27. The molecular weight excluding hydrogens is 231 g/mol. The summed E-state index contributed by atoms with van der Waals surface area (Å²) in [6.07, 6.45) is 1.40. The first-order valence-electron chi connectivity index (χ1n) is 5.90. The summed E-state index contributed by atoms with van der Waals surface area (Å²) >= 11 is 0. The molecule has 0 radical (unpaired) electrons. The Bertz CT molecular complexity index is 581. The van der Waals surface area contributed by atoms with Gasteiger partial charge in [0.2, 0.25) is 0 Å². The van der Waals surface area contributed by atoms with Crippen molar-refractivity contribution in [3.63, 3.8) is 0 Å². The maximum Gasteiger partial charge on any atom is 0.252 e. The summed E-state index contributed by atoms with van der Waals surface area (Å²) in [5.41, 5.74) is 0.742. The van der Waals surface area contributed by atoms with Gasteiger partial charge >= 0.3 is 0 Å². The van der Waals surface area contributed by atoms with Gasteiger partial charge in [0, 0.05) is 18.1 Å². The van der Waals surface area contributed by atoms with Gasteiger partial charge in [-0.3, -0.25) is 9.78 Å². The monoisotopic (exact) mass is 246 g/mol. The maximum absolute atomic E-state index is 13.4. The number of halogens is 1. The fraction of sp³-hybridized carbons (Fsp3) is 0.286. The highest BCUT2D eigenvalue weighted by molar-refractivity contribution is 5.97. The third-order valence-corrected chi connectivity index (χ3v) is 2.59. The van der Waals surface area contributed by atoms with Gasteiger partial charge in [0.25, 0.3) is 5.91 Å². The zero-order valence-corrected chi connectivity index (χ0v) is 10.4. The number of nitrogens with zero attached hydrogens (tertiary/aromatic N) is 1. The van der Waals surface area contributed by atoms with Crippen LogP contribution in [0.4, 0.5) is 4.39 Å². The second-order valence-corrected chi connectivity index (χ2v) is 4.64. The van der Waals surface area contributed by atoms with Crippen LogP contribution in [0.2, 0.25) is 0 Å². The first-order valence-corrected chi connectivity index (χ1v) is 5.90. The van der Waals surface area contributed by atoms with E-state index in [0.29, 0.717) is 23.4 Å². The lowest BCUT2D eigenvalue weighted by Gasteiger charge is -2.08. The third-order valence-electron chi connectivity index (χ3n) is 2.59. The maximum atomic E-state index is 13.4. The summed E-state index contributed by atoms with van der Waals surface area (Å²) in [4.78, 5) is 15.8. The van der Waals surface area contributed by atoms with Crippen LogP contribution in [0.15, 0.2) is 30.5 Å². The summed E-state index contributed by atoms with van der Waals surface area (Å²) in [5.74, 6) is -0.163. The SMILES string of the molecule is CC(C)CNC(=O)c1cnc2c(F)cccc2c1. The van der Waals surface area contributed by atoms with Crippen molar-refractivity contribution in [2.45, 2.75) is 13.8 Å². The molecule has 0 saturated heterocycles. The number of carbonyl (C=O) groups is 1. The highest BCUT2D eigenvalue weighted by atomic mass is 19.1. The van der Waals surface area contributed by atoms with Gasteiger partial charge in [0.05, 0.1) is 5.56 Å². The zero-order valence-electron chi connectivity index (χ0n) is 10.4. The molecule has 0 fully saturated rings. The molecule has 0 aliphatic carbocycles.